The average Bonchev–Trinajstić information content (AvgIpc) is 2.37. The third-order valence-electron chi connectivity index (χ3n) is 3.27. The molecule has 4 heteroatoms. The van der Waals surface area contributed by atoms with E-state index in [0.29, 0.717) is 17.9 Å². The van der Waals surface area contributed by atoms with Gasteiger partial charge in [0, 0.05) is 13.1 Å². The molecule has 1 aromatic carbocycles. The maximum Gasteiger partial charge on any atom is 0.180 e. The molecule has 19 heavy (non-hydrogen) atoms. The zero-order valence-corrected chi connectivity index (χ0v) is 11.8. The molecule has 2 atom stereocenters. The second kappa shape index (κ2) is 6.17. The zero-order valence-electron chi connectivity index (χ0n) is 11.8. The van der Waals surface area contributed by atoms with Crippen LogP contribution in [0.15, 0.2) is 24.3 Å². The molecule has 1 heterocycles. The third kappa shape index (κ3) is 3.55. The topological polar surface area (TPSA) is 38.8 Å². The van der Waals surface area contributed by atoms with Crippen LogP contribution >= 0.6 is 0 Å². The van der Waals surface area contributed by atoms with E-state index < -0.39 is 0 Å². The van der Waals surface area contributed by atoms with Gasteiger partial charge in [-0.25, -0.2) is 0 Å². The number of hydrogen-bond donors (Lipinski definition) is 0. The number of ether oxygens (including phenoxy) is 2. The standard InChI is InChI=1S/C15H21NO3/c1-11-8-16(9-12(2)19-11)10-14(17)13-6-4-5-7-15(13)18-3/h4-7,11-12H,8-10H2,1-3H3. The van der Waals surface area contributed by atoms with Crippen LogP contribution in [0.3, 0.4) is 0 Å². The smallest absolute Gasteiger partial charge is 0.180 e. The van der Waals surface area contributed by atoms with Crippen LogP contribution in [0, 0.1) is 0 Å². The zero-order chi connectivity index (χ0) is 13.8. The van der Waals surface area contributed by atoms with Crippen molar-refractivity contribution in [2.24, 2.45) is 0 Å². The molecule has 4 nitrogen and oxygen atoms in total. The lowest BCUT2D eigenvalue weighted by Gasteiger charge is -2.34. The summed E-state index contributed by atoms with van der Waals surface area (Å²) in [5.74, 6) is 0.737. The molecule has 0 radical (unpaired) electrons. The van der Waals surface area contributed by atoms with Gasteiger partial charge in [0.25, 0.3) is 0 Å². The summed E-state index contributed by atoms with van der Waals surface area (Å²) in [5, 5.41) is 0. The molecule has 0 amide bonds. The lowest BCUT2D eigenvalue weighted by molar-refractivity contribution is -0.0652. The fourth-order valence-corrected chi connectivity index (χ4v) is 2.58. The first kappa shape index (κ1) is 14.0. The van der Waals surface area contributed by atoms with Crippen LogP contribution in [0.1, 0.15) is 24.2 Å². The van der Waals surface area contributed by atoms with Crippen molar-refractivity contribution in [3.8, 4) is 5.75 Å². The largest absolute Gasteiger partial charge is 0.496 e. The summed E-state index contributed by atoms with van der Waals surface area (Å²) in [6.07, 6.45) is 0.350. The van der Waals surface area contributed by atoms with Crippen LogP contribution in [-0.2, 0) is 4.74 Å². The summed E-state index contributed by atoms with van der Waals surface area (Å²) in [5.41, 5.74) is 0.650. The molecule has 1 aliphatic rings. The highest BCUT2D eigenvalue weighted by Gasteiger charge is 2.24. The monoisotopic (exact) mass is 263 g/mol. The van der Waals surface area contributed by atoms with Crippen molar-refractivity contribution in [3.05, 3.63) is 29.8 Å². The molecule has 0 aliphatic carbocycles. The highest BCUT2D eigenvalue weighted by atomic mass is 16.5. The maximum atomic E-state index is 12.3. The number of carbonyl (C=O) groups is 1. The Labute approximate surface area is 114 Å². The first-order chi connectivity index (χ1) is 9.10. The van der Waals surface area contributed by atoms with Crippen LogP contribution in [-0.4, -0.2) is 49.6 Å². The third-order valence-corrected chi connectivity index (χ3v) is 3.27. The second-order valence-corrected chi connectivity index (χ2v) is 5.07. The van der Waals surface area contributed by atoms with Crippen LogP contribution in [0.4, 0.5) is 0 Å². The Morgan fingerprint density at radius 2 is 1.95 bits per heavy atom. The maximum absolute atomic E-state index is 12.3. The number of rotatable bonds is 4. The summed E-state index contributed by atoms with van der Waals surface area (Å²) in [7, 11) is 1.59. The van der Waals surface area contributed by atoms with E-state index >= 15 is 0 Å². The molecule has 0 N–H and O–H groups in total. The number of morpholine rings is 1. The summed E-state index contributed by atoms with van der Waals surface area (Å²) in [4.78, 5) is 14.5. The van der Waals surface area contributed by atoms with Crippen molar-refractivity contribution < 1.29 is 14.3 Å². The van der Waals surface area contributed by atoms with Crippen molar-refractivity contribution in [2.45, 2.75) is 26.1 Å². The van der Waals surface area contributed by atoms with E-state index in [-0.39, 0.29) is 18.0 Å². The van der Waals surface area contributed by atoms with Gasteiger partial charge in [0.05, 0.1) is 31.4 Å². The van der Waals surface area contributed by atoms with Gasteiger partial charge in [-0.15, -0.1) is 0 Å². The minimum atomic E-state index is 0.0961. The lowest BCUT2D eigenvalue weighted by atomic mass is 10.1. The Hall–Kier alpha value is -1.39. The van der Waals surface area contributed by atoms with E-state index in [1.807, 2.05) is 38.1 Å². The molecule has 1 aromatic rings. The van der Waals surface area contributed by atoms with Crippen molar-refractivity contribution in [3.63, 3.8) is 0 Å². The number of methoxy groups -OCH3 is 1. The molecule has 104 valence electrons. The Kier molecular flexibility index (Phi) is 4.56. The number of hydrogen-bond acceptors (Lipinski definition) is 4. The SMILES string of the molecule is COc1ccccc1C(=O)CN1CC(C)OC(C)C1. The summed E-state index contributed by atoms with van der Waals surface area (Å²) in [6.45, 7) is 6.08. The minimum Gasteiger partial charge on any atom is -0.496 e. The van der Waals surface area contributed by atoms with Gasteiger partial charge in [-0.3, -0.25) is 9.69 Å². The van der Waals surface area contributed by atoms with Gasteiger partial charge in [-0.05, 0) is 26.0 Å². The molecule has 1 fully saturated rings. The first-order valence-electron chi connectivity index (χ1n) is 6.64. The van der Waals surface area contributed by atoms with Crippen LogP contribution < -0.4 is 4.74 Å². The van der Waals surface area contributed by atoms with Crippen molar-refractivity contribution >= 4 is 5.78 Å². The molecular formula is C15H21NO3. The van der Waals surface area contributed by atoms with Gasteiger partial charge in [0.15, 0.2) is 5.78 Å². The number of carbonyl (C=O) groups excluding carboxylic acids is 1. The molecule has 1 aliphatic heterocycles. The number of ketones is 1. The molecule has 0 saturated carbocycles. The summed E-state index contributed by atoms with van der Waals surface area (Å²) < 4.78 is 10.9. The lowest BCUT2D eigenvalue weighted by Crippen LogP contribution is -2.47. The Bertz CT molecular complexity index is 437. The van der Waals surface area contributed by atoms with E-state index in [1.165, 1.54) is 0 Å². The van der Waals surface area contributed by atoms with Gasteiger partial charge in [0.2, 0.25) is 0 Å². The molecule has 1 saturated heterocycles. The predicted octanol–water partition coefficient (Wildman–Crippen LogP) is 1.99. The molecule has 0 aromatic heterocycles. The van der Waals surface area contributed by atoms with Gasteiger partial charge in [0.1, 0.15) is 5.75 Å². The quantitative estimate of drug-likeness (QED) is 0.779. The second-order valence-electron chi connectivity index (χ2n) is 5.07. The number of benzene rings is 1. The predicted molar refractivity (Wildman–Crippen MR) is 73.8 cm³/mol. The molecule has 2 rings (SSSR count). The van der Waals surface area contributed by atoms with Gasteiger partial charge < -0.3 is 9.47 Å². The van der Waals surface area contributed by atoms with E-state index in [4.69, 9.17) is 9.47 Å². The average molecular weight is 263 g/mol. The van der Waals surface area contributed by atoms with Crippen molar-refractivity contribution in [1.29, 1.82) is 0 Å². The normalized spacial score (nSPS) is 24.2. The van der Waals surface area contributed by atoms with E-state index in [9.17, 15) is 4.79 Å². The van der Waals surface area contributed by atoms with Crippen LogP contribution in [0.25, 0.3) is 0 Å². The molecular weight excluding hydrogens is 242 g/mol. The summed E-state index contributed by atoms with van der Waals surface area (Å²) >= 11 is 0. The van der Waals surface area contributed by atoms with Crippen molar-refractivity contribution in [1.82, 2.24) is 4.90 Å². The minimum absolute atomic E-state index is 0.0961. The van der Waals surface area contributed by atoms with Crippen LogP contribution in [0.5, 0.6) is 5.75 Å². The van der Waals surface area contributed by atoms with Crippen molar-refractivity contribution in [2.75, 3.05) is 26.7 Å². The number of Topliss-reactive ketones (excluding diaryl/α,β-unsaturated/α-hetero) is 1. The Morgan fingerprint density at radius 1 is 1.32 bits per heavy atom. The van der Waals surface area contributed by atoms with Gasteiger partial charge in [-0.1, -0.05) is 12.1 Å². The number of nitrogens with zero attached hydrogens (tertiary/aromatic N) is 1. The molecule has 2 unspecified atom stereocenters. The Balaban J connectivity index is 2.04. The summed E-state index contributed by atoms with van der Waals surface area (Å²) in [6, 6.07) is 7.36. The Morgan fingerprint density at radius 3 is 2.58 bits per heavy atom. The molecule has 0 bridgehead atoms. The van der Waals surface area contributed by atoms with Gasteiger partial charge >= 0.3 is 0 Å². The van der Waals surface area contributed by atoms with E-state index in [2.05, 4.69) is 4.90 Å². The van der Waals surface area contributed by atoms with E-state index in [1.54, 1.807) is 7.11 Å². The molecule has 0 spiro atoms. The highest BCUT2D eigenvalue weighted by molar-refractivity contribution is 6.00. The van der Waals surface area contributed by atoms with Crippen LogP contribution in [0.2, 0.25) is 0 Å². The van der Waals surface area contributed by atoms with Gasteiger partial charge in [-0.2, -0.15) is 0 Å². The highest BCUT2D eigenvalue weighted by Crippen LogP contribution is 2.19. The number of para-hydroxylation sites is 1. The fraction of sp³-hybridized carbons (Fsp3) is 0.533. The van der Waals surface area contributed by atoms with E-state index in [0.717, 1.165) is 13.1 Å². The fourth-order valence-electron chi connectivity index (χ4n) is 2.58. The first-order valence-corrected chi connectivity index (χ1v) is 6.64.